The quantitative estimate of drug-likeness (QED) is 0.578. The Hall–Kier alpha value is -3.30. The third-order valence-corrected chi connectivity index (χ3v) is 6.65. The lowest BCUT2D eigenvalue weighted by molar-refractivity contribution is -0.115. The Balaban J connectivity index is 1.41. The van der Waals surface area contributed by atoms with Crippen molar-refractivity contribution in [1.29, 1.82) is 0 Å². The number of carbonyl (C=O) groups excluding carboxylic acids is 2. The van der Waals surface area contributed by atoms with Crippen LogP contribution in [0.4, 0.5) is 10.5 Å². The van der Waals surface area contributed by atoms with E-state index in [0.717, 1.165) is 54.7 Å². The van der Waals surface area contributed by atoms with Crippen molar-refractivity contribution in [3.8, 4) is 11.3 Å². The molecule has 2 aliphatic heterocycles. The van der Waals surface area contributed by atoms with Crippen LogP contribution in [0.15, 0.2) is 47.6 Å². The number of carbonyl (C=O) groups is 2. The summed E-state index contributed by atoms with van der Waals surface area (Å²) in [5.74, 6) is -0.400. The molecule has 2 aromatic heterocycles. The molecule has 1 N–H and O–H groups in total. The topological polar surface area (TPSA) is 91.3 Å². The molecule has 2 amide bonds. The second kappa shape index (κ2) is 9.29. The van der Waals surface area contributed by atoms with Crippen LogP contribution in [0.2, 0.25) is 0 Å². The van der Waals surface area contributed by atoms with Gasteiger partial charge in [0.25, 0.3) is 11.1 Å². The molecule has 3 aromatic rings. The fraction of sp³-hybridized carbons (Fsp3) is 0.292. The predicted octanol–water partition coefficient (Wildman–Crippen LogP) is 3.55. The number of piperazine rings is 1. The van der Waals surface area contributed by atoms with E-state index in [0.29, 0.717) is 16.1 Å². The van der Waals surface area contributed by atoms with Crippen LogP contribution in [-0.2, 0) is 4.79 Å². The normalized spacial score (nSPS) is 18.3. The number of pyridine rings is 1. The fourth-order valence-corrected chi connectivity index (χ4v) is 4.85. The van der Waals surface area contributed by atoms with Gasteiger partial charge in [-0.3, -0.25) is 19.8 Å². The van der Waals surface area contributed by atoms with Gasteiger partial charge < -0.3 is 4.90 Å². The minimum Gasteiger partial charge on any atom is -0.369 e. The molecule has 8 nitrogen and oxygen atoms in total. The van der Waals surface area contributed by atoms with Crippen LogP contribution in [0.3, 0.4) is 0 Å². The summed E-state index contributed by atoms with van der Waals surface area (Å²) in [5.41, 5.74) is 4.85. The summed E-state index contributed by atoms with van der Waals surface area (Å²) in [6, 6.07) is 12.0. The first kappa shape index (κ1) is 21.5. The van der Waals surface area contributed by atoms with Crippen molar-refractivity contribution in [2.24, 2.45) is 0 Å². The van der Waals surface area contributed by atoms with E-state index in [1.807, 2.05) is 6.07 Å². The Labute approximate surface area is 196 Å². The third-order valence-electron chi connectivity index (χ3n) is 5.84. The standard InChI is InChI=1S/C24H24N6O2S/c1-2-9-29-10-12-30(13-11-29)18-6-3-16(4-7-18)21-22-19(25-15-26-21)8-5-17(27-22)14-20-23(31)28-24(32)33-20/h3-8,14-15H,2,9-13H2,1H3,(H,28,31,32). The lowest BCUT2D eigenvalue weighted by Gasteiger charge is -2.36. The molecular weight excluding hydrogens is 436 g/mol. The lowest BCUT2D eigenvalue weighted by atomic mass is 10.1. The maximum absolute atomic E-state index is 11.9. The van der Waals surface area contributed by atoms with Crippen LogP contribution in [-0.4, -0.2) is 63.7 Å². The van der Waals surface area contributed by atoms with Gasteiger partial charge in [0.2, 0.25) is 0 Å². The highest BCUT2D eigenvalue weighted by Crippen LogP contribution is 2.29. The summed E-state index contributed by atoms with van der Waals surface area (Å²) < 4.78 is 0. The summed E-state index contributed by atoms with van der Waals surface area (Å²) in [4.78, 5) is 42.1. The van der Waals surface area contributed by atoms with Crippen molar-refractivity contribution in [3.05, 3.63) is 53.3 Å². The molecule has 0 saturated carbocycles. The molecule has 0 unspecified atom stereocenters. The molecule has 1 aromatic carbocycles. The van der Waals surface area contributed by atoms with E-state index >= 15 is 0 Å². The summed E-state index contributed by atoms with van der Waals surface area (Å²) in [5, 5.41) is 1.89. The smallest absolute Gasteiger partial charge is 0.290 e. The van der Waals surface area contributed by atoms with Crippen molar-refractivity contribution in [2.75, 3.05) is 37.6 Å². The van der Waals surface area contributed by atoms with Gasteiger partial charge in [0.05, 0.1) is 21.8 Å². The number of rotatable bonds is 5. The SMILES string of the molecule is CCCN1CCN(c2ccc(-c3ncnc4ccc(C=C5SC(=O)NC5=O)nc34)cc2)CC1. The molecule has 0 atom stereocenters. The van der Waals surface area contributed by atoms with Crippen molar-refractivity contribution in [1.82, 2.24) is 25.2 Å². The summed E-state index contributed by atoms with van der Waals surface area (Å²) in [6.07, 6.45) is 4.35. The van der Waals surface area contributed by atoms with E-state index in [1.165, 1.54) is 25.0 Å². The second-order valence-electron chi connectivity index (χ2n) is 8.05. The van der Waals surface area contributed by atoms with Gasteiger partial charge in [0.1, 0.15) is 11.8 Å². The van der Waals surface area contributed by atoms with E-state index in [4.69, 9.17) is 4.98 Å². The number of amides is 2. The molecule has 168 valence electrons. The zero-order valence-corrected chi connectivity index (χ0v) is 19.1. The van der Waals surface area contributed by atoms with E-state index in [-0.39, 0.29) is 5.24 Å². The van der Waals surface area contributed by atoms with Crippen molar-refractivity contribution >= 4 is 45.7 Å². The van der Waals surface area contributed by atoms with E-state index in [1.54, 1.807) is 12.1 Å². The largest absolute Gasteiger partial charge is 0.369 e. The maximum atomic E-state index is 11.9. The van der Waals surface area contributed by atoms with Crippen molar-refractivity contribution in [3.63, 3.8) is 0 Å². The van der Waals surface area contributed by atoms with Crippen LogP contribution in [0.25, 0.3) is 28.4 Å². The Morgan fingerprint density at radius 3 is 2.52 bits per heavy atom. The summed E-state index contributed by atoms with van der Waals surface area (Å²) >= 11 is 0.875. The van der Waals surface area contributed by atoms with E-state index < -0.39 is 5.91 Å². The van der Waals surface area contributed by atoms with Gasteiger partial charge in [-0.1, -0.05) is 19.1 Å². The molecule has 2 saturated heterocycles. The van der Waals surface area contributed by atoms with Gasteiger partial charge in [-0.2, -0.15) is 0 Å². The van der Waals surface area contributed by atoms with Crippen molar-refractivity contribution in [2.45, 2.75) is 13.3 Å². The molecule has 0 radical (unpaired) electrons. The number of aromatic nitrogens is 3. The minimum absolute atomic E-state index is 0.327. The highest BCUT2D eigenvalue weighted by molar-refractivity contribution is 8.18. The van der Waals surface area contributed by atoms with Crippen LogP contribution in [0.1, 0.15) is 19.0 Å². The highest BCUT2D eigenvalue weighted by Gasteiger charge is 2.25. The van der Waals surface area contributed by atoms with Gasteiger partial charge in [0, 0.05) is 37.4 Å². The first-order valence-corrected chi connectivity index (χ1v) is 11.9. The summed E-state index contributed by atoms with van der Waals surface area (Å²) in [7, 11) is 0. The number of thioether (sulfide) groups is 1. The molecule has 5 rings (SSSR count). The molecular formula is C24H24N6O2S. The molecule has 0 aliphatic carbocycles. The minimum atomic E-state index is -0.400. The average molecular weight is 461 g/mol. The molecule has 9 heteroatoms. The Morgan fingerprint density at radius 1 is 1.03 bits per heavy atom. The first-order valence-electron chi connectivity index (χ1n) is 11.0. The van der Waals surface area contributed by atoms with E-state index in [9.17, 15) is 9.59 Å². The number of anilines is 1. The average Bonchev–Trinajstić information content (AvgIpc) is 3.16. The number of hydrogen-bond donors (Lipinski definition) is 1. The number of nitrogens with one attached hydrogen (secondary N) is 1. The van der Waals surface area contributed by atoms with Gasteiger partial charge in [-0.15, -0.1) is 0 Å². The van der Waals surface area contributed by atoms with Gasteiger partial charge in [0.15, 0.2) is 0 Å². The van der Waals surface area contributed by atoms with Crippen LogP contribution in [0, 0.1) is 0 Å². The highest BCUT2D eigenvalue weighted by atomic mass is 32.2. The first-order chi connectivity index (χ1) is 16.1. The number of imide groups is 1. The molecule has 2 aliphatic rings. The second-order valence-corrected chi connectivity index (χ2v) is 9.07. The monoisotopic (exact) mass is 460 g/mol. The Kier molecular flexibility index (Phi) is 6.06. The molecule has 2 fully saturated rings. The van der Waals surface area contributed by atoms with Crippen LogP contribution < -0.4 is 10.2 Å². The number of fused-ring (bicyclic) bond motifs is 1. The molecule has 0 spiro atoms. The fourth-order valence-electron chi connectivity index (χ4n) is 4.18. The lowest BCUT2D eigenvalue weighted by Crippen LogP contribution is -2.46. The van der Waals surface area contributed by atoms with Gasteiger partial charge >= 0.3 is 0 Å². The predicted molar refractivity (Wildman–Crippen MR) is 131 cm³/mol. The number of nitrogens with zero attached hydrogens (tertiary/aromatic N) is 5. The molecule has 0 bridgehead atoms. The summed E-state index contributed by atoms with van der Waals surface area (Å²) in [6.45, 7) is 7.64. The van der Waals surface area contributed by atoms with Crippen LogP contribution in [0.5, 0.6) is 0 Å². The molecule has 4 heterocycles. The van der Waals surface area contributed by atoms with Gasteiger partial charge in [-0.05, 0) is 55.1 Å². The van der Waals surface area contributed by atoms with Crippen LogP contribution >= 0.6 is 11.8 Å². The Morgan fingerprint density at radius 2 is 1.82 bits per heavy atom. The zero-order chi connectivity index (χ0) is 22.8. The third kappa shape index (κ3) is 4.60. The zero-order valence-electron chi connectivity index (χ0n) is 18.3. The maximum Gasteiger partial charge on any atom is 0.290 e. The van der Waals surface area contributed by atoms with Gasteiger partial charge in [-0.25, -0.2) is 15.0 Å². The number of hydrogen-bond acceptors (Lipinski definition) is 8. The van der Waals surface area contributed by atoms with E-state index in [2.05, 4.69) is 56.3 Å². The molecule has 33 heavy (non-hydrogen) atoms. The van der Waals surface area contributed by atoms with Crippen molar-refractivity contribution < 1.29 is 9.59 Å². The Bertz CT molecular complexity index is 1240. The number of benzene rings is 1.